The molecule has 9 nitrogen and oxygen atoms in total. The van der Waals surface area contributed by atoms with Crippen molar-refractivity contribution >= 4 is 11.9 Å². The van der Waals surface area contributed by atoms with Crippen molar-refractivity contribution in [2.24, 2.45) is 0 Å². The molecule has 0 aromatic carbocycles. The molecule has 3 heterocycles. The highest BCUT2D eigenvalue weighted by molar-refractivity contribution is 5.92. The SMILES string of the molecule is COC(=O)c1oc(CN2CCN(C(=O)c3c[nH]c(=O)[nH]3)CC2)cc1C. The van der Waals surface area contributed by atoms with Crippen LogP contribution in [0.2, 0.25) is 0 Å². The van der Waals surface area contributed by atoms with Crippen molar-refractivity contribution in [3.05, 3.63) is 45.5 Å². The zero-order valence-electron chi connectivity index (χ0n) is 14.1. The summed E-state index contributed by atoms with van der Waals surface area (Å²) in [5, 5.41) is 0. The average Bonchev–Trinajstić information content (AvgIpc) is 3.20. The predicted octanol–water partition coefficient (Wildman–Crippen LogP) is 0.349. The molecule has 0 radical (unpaired) electrons. The van der Waals surface area contributed by atoms with Gasteiger partial charge in [-0.3, -0.25) is 9.69 Å². The molecule has 0 saturated carbocycles. The monoisotopic (exact) mass is 348 g/mol. The molecular formula is C16H20N4O5. The molecule has 1 saturated heterocycles. The molecule has 2 aromatic heterocycles. The molecule has 0 unspecified atom stereocenters. The van der Waals surface area contributed by atoms with E-state index in [1.165, 1.54) is 13.3 Å². The Bertz CT molecular complexity index is 826. The summed E-state index contributed by atoms with van der Waals surface area (Å²) in [5.41, 5.74) is 0.617. The van der Waals surface area contributed by atoms with E-state index in [0.717, 1.165) is 5.56 Å². The second kappa shape index (κ2) is 6.98. The summed E-state index contributed by atoms with van der Waals surface area (Å²) in [5.74, 6) is 0.231. The molecule has 9 heteroatoms. The summed E-state index contributed by atoms with van der Waals surface area (Å²) in [6.07, 6.45) is 1.39. The van der Waals surface area contributed by atoms with E-state index >= 15 is 0 Å². The van der Waals surface area contributed by atoms with Gasteiger partial charge in [0.05, 0.1) is 13.7 Å². The van der Waals surface area contributed by atoms with Gasteiger partial charge < -0.3 is 24.0 Å². The van der Waals surface area contributed by atoms with Crippen molar-refractivity contribution in [3.63, 3.8) is 0 Å². The Kier molecular flexibility index (Phi) is 4.75. The third-order valence-electron chi connectivity index (χ3n) is 4.20. The Morgan fingerprint density at radius 2 is 2.00 bits per heavy atom. The summed E-state index contributed by atoms with van der Waals surface area (Å²) in [7, 11) is 1.32. The Labute approximate surface area is 143 Å². The van der Waals surface area contributed by atoms with Crippen molar-refractivity contribution in [3.8, 4) is 0 Å². The number of esters is 1. The lowest BCUT2D eigenvalue weighted by Crippen LogP contribution is -2.48. The Hall–Kier alpha value is -2.81. The first-order valence-electron chi connectivity index (χ1n) is 7.95. The van der Waals surface area contributed by atoms with E-state index < -0.39 is 11.7 Å². The summed E-state index contributed by atoms with van der Waals surface area (Å²) >= 11 is 0. The molecule has 0 bridgehead atoms. The fourth-order valence-corrected chi connectivity index (χ4v) is 2.87. The van der Waals surface area contributed by atoms with Crippen LogP contribution in [0.5, 0.6) is 0 Å². The van der Waals surface area contributed by atoms with Gasteiger partial charge in [0.15, 0.2) is 0 Å². The van der Waals surface area contributed by atoms with Crippen LogP contribution < -0.4 is 5.69 Å². The van der Waals surface area contributed by atoms with Gasteiger partial charge in [-0.25, -0.2) is 9.59 Å². The molecule has 0 atom stereocenters. The number of ether oxygens (including phenoxy) is 1. The second-order valence-corrected chi connectivity index (χ2v) is 5.94. The van der Waals surface area contributed by atoms with Gasteiger partial charge >= 0.3 is 11.7 Å². The standard InChI is InChI=1S/C16H20N4O5/c1-10-7-11(25-13(10)15(22)24-2)9-19-3-5-20(6-4-19)14(21)12-8-17-16(23)18-12/h7-8H,3-6,9H2,1-2H3,(H2,17,18,23). The number of H-pyrrole nitrogens is 2. The Morgan fingerprint density at radius 3 is 2.60 bits per heavy atom. The lowest BCUT2D eigenvalue weighted by atomic mass is 10.2. The highest BCUT2D eigenvalue weighted by Crippen LogP contribution is 2.18. The number of imidazole rings is 1. The van der Waals surface area contributed by atoms with E-state index in [1.807, 2.05) is 6.07 Å². The molecular weight excluding hydrogens is 328 g/mol. The number of nitrogens with zero attached hydrogens (tertiary/aromatic N) is 2. The van der Waals surface area contributed by atoms with Crippen LogP contribution in [0, 0.1) is 6.92 Å². The van der Waals surface area contributed by atoms with Crippen molar-refractivity contribution < 1.29 is 18.7 Å². The van der Waals surface area contributed by atoms with Crippen molar-refractivity contribution in [1.29, 1.82) is 0 Å². The molecule has 1 fully saturated rings. The fourth-order valence-electron chi connectivity index (χ4n) is 2.87. The highest BCUT2D eigenvalue weighted by atomic mass is 16.5. The summed E-state index contributed by atoms with van der Waals surface area (Å²) in [4.78, 5) is 43.7. The lowest BCUT2D eigenvalue weighted by molar-refractivity contribution is 0.0548. The van der Waals surface area contributed by atoms with Crippen LogP contribution in [0.3, 0.4) is 0 Å². The van der Waals surface area contributed by atoms with Crippen LogP contribution in [-0.4, -0.2) is 64.9 Å². The van der Waals surface area contributed by atoms with E-state index in [1.54, 1.807) is 11.8 Å². The zero-order valence-corrected chi connectivity index (χ0v) is 14.1. The number of aromatic nitrogens is 2. The normalized spacial score (nSPS) is 15.4. The van der Waals surface area contributed by atoms with Gasteiger partial charge in [0.2, 0.25) is 5.76 Å². The molecule has 1 aliphatic heterocycles. The zero-order chi connectivity index (χ0) is 18.0. The first kappa shape index (κ1) is 17.0. The van der Waals surface area contributed by atoms with E-state index in [4.69, 9.17) is 4.42 Å². The third-order valence-corrected chi connectivity index (χ3v) is 4.20. The molecule has 1 aliphatic rings. The summed E-state index contributed by atoms with van der Waals surface area (Å²) < 4.78 is 10.3. The third kappa shape index (κ3) is 3.66. The number of aryl methyl sites for hydroxylation is 1. The van der Waals surface area contributed by atoms with Gasteiger partial charge in [0.1, 0.15) is 11.5 Å². The van der Waals surface area contributed by atoms with Gasteiger partial charge in [-0.1, -0.05) is 0 Å². The van der Waals surface area contributed by atoms with Crippen molar-refractivity contribution in [1.82, 2.24) is 19.8 Å². The van der Waals surface area contributed by atoms with Gasteiger partial charge in [0, 0.05) is 37.9 Å². The molecule has 2 aromatic rings. The van der Waals surface area contributed by atoms with Crippen LogP contribution in [0.4, 0.5) is 0 Å². The number of carbonyl (C=O) groups is 2. The van der Waals surface area contributed by atoms with Gasteiger partial charge in [-0.15, -0.1) is 0 Å². The van der Waals surface area contributed by atoms with Crippen molar-refractivity contribution in [2.75, 3.05) is 33.3 Å². The quantitative estimate of drug-likeness (QED) is 0.771. The molecule has 25 heavy (non-hydrogen) atoms. The van der Waals surface area contributed by atoms with Crippen LogP contribution in [0.1, 0.15) is 32.4 Å². The fraction of sp³-hybridized carbons (Fsp3) is 0.438. The van der Waals surface area contributed by atoms with E-state index in [-0.39, 0.29) is 17.4 Å². The van der Waals surface area contributed by atoms with Crippen LogP contribution in [0.25, 0.3) is 0 Å². The number of hydrogen-bond acceptors (Lipinski definition) is 6. The van der Waals surface area contributed by atoms with Crippen LogP contribution in [0.15, 0.2) is 21.5 Å². The number of aromatic amines is 2. The van der Waals surface area contributed by atoms with Crippen molar-refractivity contribution in [2.45, 2.75) is 13.5 Å². The Balaban J connectivity index is 1.57. The first-order chi connectivity index (χ1) is 12.0. The largest absolute Gasteiger partial charge is 0.463 e. The predicted molar refractivity (Wildman–Crippen MR) is 87.4 cm³/mol. The van der Waals surface area contributed by atoms with E-state index in [0.29, 0.717) is 38.5 Å². The Morgan fingerprint density at radius 1 is 1.28 bits per heavy atom. The smallest absolute Gasteiger partial charge is 0.374 e. The lowest BCUT2D eigenvalue weighted by Gasteiger charge is -2.33. The molecule has 134 valence electrons. The average molecular weight is 348 g/mol. The van der Waals surface area contributed by atoms with E-state index in [9.17, 15) is 14.4 Å². The van der Waals surface area contributed by atoms with E-state index in [2.05, 4.69) is 19.6 Å². The molecule has 0 aliphatic carbocycles. The van der Waals surface area contributed by atoms with Gasteiger partial charge in [-0.05, 0) is 13.0 Å². The molecule has 3 rings (SSSR count). The number of carbonyl (C=O) groups excluding carboxylic acids is 2. The second-order valence-electron chi connectivity index (χ2n) is 5.94. The number of furan rings is 1. The number of piperazine rings is 1. The molecule has 2 N–H and O–H groups in total. The topological polar surface area (TPSA) is 112 Å². The number of rotatable bonds is 4. The number of hydrogen-bond donors (Lipinski definition) is 2. The number of nitrogens with one attached hydrogen (secondary N) is 2. The maximum Gasteiger partial charge on any atom is 0.374 e. The summed E-state index contributed by atoms with van der Waals surface area (Å²) in [6.45, 7) is 4.81. The number of amides is 1. The minimum atomic E-state index is -0.486. The number of methoxy groups -OCH3 is 1. The van der Waals surface area contributed by atoms with Crippen LogP contribution >= 0.6 is 0 Å². The maximum absolute atomic E-state index is 12.3. The highest BCUT2D eigenvalue weighted by Gasteiger charge is 2.24. The van der Waals surface area contributed by atoms with Gasteiger partial charge in [0.25, 0.3) is 5.91 Å². The first-order valence-corrected chi connectivity index (χ1v) is 7.95. The van der Waals surface area contributed by atoms with Gasteiger partial charge in [-0.2, -0.15) is 0 Å². The maximum atomic E-state index is 12.3. The minimum Gasteiger partial charge on any atom is -0.463 e. The summed E-state index contributed by atoms with van der Waals surface area (Å²) in [6, 6.07) is 1.83. The molecule has 0 spiro atoms. The van der Waals surface area contributed by atoms with Crippen LogP contribution in [-0.2, 0) is 11.3 Å². The molecule has 1 amide bonds. The minimum absolute atomic E-state index is 0.195.